The first-order valence-corrected chi connectivity index (χ1v) is 11.6. The molecule has 2 heteroatoms. The minimum absolute atomic E-state index is 0.111. The van der Waals surface area contributed by atoms with Gasteiger partial charge in [-0.15, -0.1) is 0 Å². The normalized spacial score (nSPS) is 12.2. The van der Waals surface area contributed by atoms with Crippen molar-refractivity contribution in [2.75, 3.05) is 10.6 Å². The number of benzene rings is 3. The number of nitrogens with zero attached hydrogens (tertiary/aromatic N) is 1. The van der Waals surface area contributed by atoms with Gasteiger partial charge >= 0.3 is 0 Å². The molecule has 0 saturated heterocycles. The van der Waals surface area contributed by atoms with Crippen LogP contribution in [0.5, 0.6) is 0 Å². The maximum Gasteiger partial charge on any atom is 0.0520 e. The van der Waals surface area contributed by atoms with Crippen molar-refractivity contribution >= 4 is 22.7 Å². The molecule has 0 aromatic heterocycles. The van der Waals surface area contributed by atoms with Crippen LogP contribution >= 0.6 is 0 Å². The fraction of sp³-hybridized carbons (Fsp3) is 0.400. The summed E-state index contributed by atoms with van der Waals surface area (Å²) >= 11 is 0. The van der Waals surface area contributed by atoms with Gasteiger partial charge in [-0.05, 0) is 96.2 Å². The van der Waals surface area contributed by atoms with Crippen LogP contribution in [0.4, 0.5) is 22.7 Å². The van der Waals surface area contributed by atoms with Crippen LogP contribution in [0.25, 0.3) is 0 Å². The third-order valence-corrected chi connectivity index (χ3v) is 6.31. The molecule has 0 radical (unpaired) electrons. The Labute approximate surface area is 195 Å². The van der Waals surface area contributed by atoms with E-state index in [0.717, 1.165) is 11.4 Å². The molecule has 0 aliphatic carbocycles. The van der Waals surface area contributed by atoms with E-state index < -0.39 is 0 Å². The van der Waals surface area contributed by atoms with E-state index in [1.807, 2.05) is 12.1 Å². The fourth-order valence-corrected chi connectivity index (χ4v) is 4.48. The van der Waals surface area contributed by atoms with E-state index in [1.165, 1.54) is 44.8 Å². The van der Waals surface area contributed by atoms with Crippen molar-refractivity contribution in [3.8, 4) is 0 Å². The average Bonchev–Trinajstić information content (AvgIpc) is 2.64. The highest BCUT2D eigenvalue weighted by Crippen LogP contribution is 2.44. The Balaban J connectivity index is 2.33. The first kappa shape index (κ1) is 23.9. The van der Waals surface area contributed by atoms with Crippen LogP contribution in [0.1, 0.15) is 74.9 Å². The second kappa shape index (κ2) is 8.31. The van der Waals surface area contributed by atoms with Gasteiger partial charge in [0, 0.05) is 11.4 Å². The minimum atomic E-state index is 0.111. The van der Waals surface area contributed by atoms with Crippen molar-refractivity contribution in [3.63, 3.8) is 0 Å². The minimum Gasteiger partial charge on any atom is -0.399 e. The van der Waals surface area contributed by atoms with Crippen LogP contribution in [0, 0.1) is 27.7 Å². The number of hydrogen-bond acceptors (Lipinski definition) is 2. The van der Waals surface area contributed by atoms with Crippen molar-refractivity contribution in [1.29, 1.82) is 0 Å². The molecular weight excluding hydrogens is 388 g/mol. The summed E-state index contributed by atoms with van der Waals surface area (Å²) in [7, 11) is 0. The zero-order valence-corrected chi connectivity index (χ0v) is 21.6. The summed E-state index contributed by atoms with van der Waals surface area (Å²) in [6.07, 6.45) is 0. The first-order chi connectivity index (χ1) is 14.7. The van der Waals surface area contributed by atoms with Gasteiger partial charge in [0.2, 0.25) is 0 Å². The summed E-state index contributed by atoms with van der Waals surface area (Å²) < 4.78 is 0. The number of hydrogen-bond donors (Lipinski definition) is 1. The lowest BCUT2D eigenvalue weighted by molar-refractivity contribution is 0.589. The fourth-order valence-electron chi connectivity index (χ4n) is 4.48. The van der Waals surface area contributed by atoms with Gasteiger partial charge in [0.15, 0.2) is 0 Å². The Morgan fingerprint density at radius 2 is 0.875 bits per heavy atom. The molecule has 3 aromatic carbocycles. The average molecular weight is 429 g/mol. The molecule has 2 nitrogen and oxygen atoms in total. The molecule has 0 heterocycles. The van der Waals surface area contributed by atoms with E-state index in [0.29, 0.717) is 0 Å². The quantitative estimate of drug-likeness (QED) is 0.423. The van der Waals surface area contributed by atoms with Crippen molar-refractivity contribution in [3.05, 3.63) is 81.9 Å². The van der Waals surface area contributed by atoms with Crippen LogP contribution < -0.4 is 10.6 Å². The van der Waals surface area contributed by atoms with E-state index >= 15 is 0 Å². The molecule has 0 fully saturated rings. The molecule has 2 N–H and O–H groups in total. The number of nitrogen functional groups attached to an aromatic ring is 1. The summed E-state index contributed by atoms with van der Waals surface area (Å²) in [4.78, 5) is 2.42. The maximum absolute atomic E-state index is 6.04. The molecule has 3 aromatic rings. The molecule has 3 rings (SSSR count). The molecular formula is C30H40N2. The van der Waals surface area contributed by atoms with Crippen molar-refractivity contribution in [2.24, 2.45) is 0 Å². The zero-order valence-electron chi connectivity index (χ0n) is 21.6. The van der Waals surface area contributed by atoms with E-state index in [-0.39, 0.29) is 10.8 Å². The predicted octanol–water partition coefficient (Wildman–Crippen LogP) is 8.57. The molecule has 170 valence electrons. The third-order valence-electron chi connectivity index (χ3n) is 6.31. The maximum atomic E-state index is 6.04. The second-order valence-electron chi connectivity index (χ2n) is 11.3. The Bertz CT molecular complexity index is 1010. The third kappa shape index (κ3) is 4.70. The number of anilines is 4. The lowest BCUT2D eigenvalue weighted by Crippen LogP contribution is -2.19. The van der Waals surface area contributed by atoms with E-state index in [1.54, 1.807) is 0 Å². The molecule has 0 bridgehead atoms. The zero-order chi connectivity index (χ0) is 24.0. The lowest BCUT2D eigenvalue weighted by Gasteiger charge is -2.34. The standard InChI is InChI=1S/C30H40N2/c1-19-15-23(29(5,6)7)16-20(2)27(19)32(26-13-11-25(31)12-14-26)28-21(3)17-24(18-22(28)4)30(8,9)10/h11-18H,31H2,1-10H3. The Morgan fingerprint density at radius 3 is 1.16 bits per heavy atom. The Kier molecular flexibility index (Phi) is 6.21. The summed E-state index contributed by atoms with van der Waals surface area (Å²) in [5.74, 6) is 0. The molecule has 32 heavy (non-hydrogen) atoms. The Morgan fingerprint density at radius 1 is 0.562 bits per heavy atom. The predicted molar refractivity (Wildman–Crippen MR) is 142 cm³/mol. The largest absolute Gasteiger partial charge is 0.399 e. The van der Waals surface area contributed by atoms with Crippen molar-refractivity contribution < 1.29 is 0 Å². The summed E-state index contributed by atoms with van der Waals surface area (Å²) in [6, 6.07) is 17.6. The van der Waals surface area contributed by atoms with Gasteiger partial charge in [-0.25, -0.2) is 0 Å². The van der Waals surface area contributed by atoms with Crippen molar-refractivity contribution in [1.82, 2.24) is 0 Å². The van der Waals surface area contributed by atoms with Gasteiger partial charge < -0.3 is 10.6 Å². The first-order valence-electron chi connectivity index (χ1n) is 11.6. The van der Waals surface area contributed by atoms with Gasteiger partial charge in [-0.2, -0.15) is 0 Å². The second-order valence-corrected chi connectivity index (χ2v) is 11.3. The van der Waals surface area contributed by atoms with Crippen LogP contribution in [-0.4, -0.2) is 0 Å². The van der Waals surface area contributed by atoms with E-state index in [2.05, 4.69) is 111 Å². The molecule has 0 unspecified atom stereocenters. The smallest absolute Gasteiger partial charge is 0.0520 e. The van der Waals surface area contributed by atoms with Crippen LogP contribution in [-0.2, 0) is 10.8 Å². The topological polar surface area (TPSA) is 29.3 Å². The monoisotopic (exact) mass is 428 g/mol. The number of rotatable bonds is 3. The van der Waals surface area contributed by atoms with Gasteiger partial charge in [0.05, 0.1) is 11.4 Å². The van der Waals surface area contributed by atoms with Crippen molar-refractivity contribution in [2.45, 2.75) is 80.1 Å². The molecule has 0 amide bonds. The van der Waals surface area contributed by atoms with Gasteiger partial charge in [-0.3, -0.25) is 0 Å². The summed E-state index contributed by atoms with van der Waals surface area (Å²) in [5, 5.41) is 0. The molecule has 0 atom stereocenters. The number of aryl methyl sites for hydroxylation is 4. The van der Waals surface area contributed by atoms with Crippen LogP contribution in [0.15, 0.2) is 48.5 Å². The van der Waals surface area contributed by atoms with Gasteiger partial charge in [0.1, 0.15) is 0 Å². The van der Waals surface area contributed by atoms with E-state index in [9.17, 15) is 0 Å². The highest BCUT2D eigenvalue weighted by Gasteiger charge is 2.25. The SMILES string of the molecule is Cc1cc(C(C)(C)C)cc(C)c1N(c1ccc(N)cc1)c1c(C)cc(C(C)(C)C)cc1C. The van der Waals surface area contributed by atoms with Gasteiger partial charge in [0.25, 0.3) is 0 Å². The van der Waals surface area contributed by atoms with Crippen LogP contribution in [0.2, 0.25) is 0 Å². The molecule has 0 saturated carbocycles. The number of nitrogens with two attached hydrogens (primary N) is 1. The molecule has 0 spiro atoms. The summed E-state index contributed by atoms with van der Waals surface area (Å²) in [6.45, 7) is 22.6. The summed E-state index contributed by atoms with van der Waals surface area (Å²) in [5.41, 5.74) is 18.5. The lowest BCUT2D eigenvalue weighted by atomic mass is 9.83. The van der Waals surface area contributed by atoms with Crippen LogP contribution in [0.3, 0.4) is 0 Å². The highest BCUT2D eigenvalue weighted by atomic mass is 15.2. The highest BCUT2D eigenvalue weighted by molar-refractivity contribution is 5.84. The van der Waals surface area contributed by atoms with Gasteiger partial charge in [-0.1, -0.05) is 65.8 Å². The molecule has 0 aliphatic heterocycles. The molecule has 0 aliphatic rings. The van der Waals surface area contributed by atoms with E-state index in [4.69, 9.17) is 5.73 Å². The Hall–Kier alpha value is -2.74.